The Morgan fingerprint density at radius 1 is 1.50 bits per heavy atom. The molecular weight excluding hydrogens is 340 g/mol. The highest BCUT2D eigenvalue weighted by Crippen LogP contribution is 2.23. The maximum atomic E-state index is 11.9. The molecule has 1 unspecified atom stereocenters. The highest BCUT2D eigenvalue weighted by molar-refractivity contribution is 9.10. The molecule has 2 amide bonds. The van der Waals surface area contributed by atoms with Crippen LogP contribution in [0.5, 0.6) is 0 Å². The second-order valence-electron chi connectivity index (χ2n) is 4.66. The zero-order valence-electron chi connectivity index (χ0n) is 11.3. The predicted molar refractivity (Wildman–Crippen MR) is 84.7 cm³/mol. The number of carbonyl (C=O) groups excluding carboxylic acids is 2. The Morgan fingerprint density at radius 3 is 2.90 bits per heavy atom. The molecule has 0 radical (unpaired) electrons. The molecule has 108 valence electrons. The number of nitrogens with zero attached hydrogens (tertiary/aromatic N) is 1. The molecular formula is C14H17BrN2O2S. The molecule has 1 aromatic carbocycles. The second kappa shape index (κ2) is 7.13. The first-order valence-electron chi connectivity index (χ1n) is 6.53. The second-order valence-corrected chi connectivity index (χ2v) is 6.56. The summed E-state index contributed by atoms with van der Waals surface area (Å²) in [7, 11) is 0. The first-order valence-corrected chi connectivity index (χ1v) is 8.31. The summed E-state index contributed by atoms with van der Waals surface area (Å²) in [5, 5.41) is 3.04. The van der Waals surface area contributed by atoms with E-state index in [0.717, 1.165) is 22.3 Å². The van der Waals surface area contributed by atoms with Crippen molar-refractivity contribution in [1.82, 2.24) is 10.2 Å². The summed E-state index contributed by atoms with van der Waals surface area (Å²) >= 11 is 4.80. The number of rotatable bonds is 5. The predicted octanol–water partition coefficient (Wildman–Crippen LogP) is 3.19. The smallest absolute Gasteiger partial charge is 0.281 e. The maximum absolute atomic E-state index is 11.9. The Bertz CT molecular complexity index is 510. The molecule has 1 aliphatic heterocycles. The summed E-state index contributed by atoms with van der Waals surface area (Å²) in [5.41, 5.74) is 1.05. The van der Waals surface area contributed by atoms with E-state index in [1.165, 1.54) is 11.8 Å². The minimum Gasteiger partial charge on any atom is -0.349 e. The van der Waals surface area contributed by atoms with Crippen molar-refractivity contribution in [2.75, 3.05) is 18.8 Å². The van der Waals surface area contributed by atoms with Gasteiger partial charge in [0.25, 0.3) is 5.24 Å². The fourth-order valence-electron chi connectivity index (χ4n) is 2.08. The molecule has 1 aliphatic rings. The van der Waals surface area contributed by atoms with Gasteiger partial charge in [-0.1, -0.05) is 45.9 Å². The number of thioether (sulfide) groups is 1. The highest BCUT2D eigenvalue weighted by Gasteiger charge is 2.21. The maximum Gasteiger partial charge on any atom is 0.281 e. The van der Waals surface area contributed by atoms with Gasteiger partial charge in [0.1, 0.15) is 0 Å². The van der Waals surface area contributed by atoms with Gasteiger partial charge < -0.3 is 10.2 Å². The van der Waals surface area contributed by atoms with Gasteiger partial charge in [-0.15, -0.1) is 0 Å². The fraction of sp³-hybridized carbons (Fsp3) is 0.429. The highest BCUT2D eigenvalue weighted by atomic mass is 79.9. The number of benzene rings is 1. The first kappa shape index (κ1) is 15.4. The van der Waals surface area contributed by atoms with Crippen LogP contribution in [0.15, 0.2) is 28.7 Å². The van der Waals surface area contributed by atoms with Gasteiger partial charge in [-0.05, 0) is 18.6 Å². The van der Waals surface area contributed by atoms with Crippen molar-refractivity contribution in [3.05, 3.63) is 34.3 Å². The van der Waals surface area contributed by atoms with Crippen LogP contribution in [0.25, 0.3) is 0 Å². The van der Waals surface area contributed by atoms with E-state index >= 15 is 0 Å². The lowest BCUT2D eigenvalue weighted by atomic mass is 10.1. The summed E-state index contributed by atoms with van der Waals surface area (Å²) in [6, 6.07) is 7.77. The molecule has 0 bridgehead atoms. The van der Waals surface area contributed by atoms with Crippen molar-refractivity contribution >= 4 is 38.8 Å². The SMILES string of the molecule is CC(NC(=O)CCN1CCSC1=O)c1ccccc1Br. The van der Waals surface area contributed by atoms with Crippen LogP contribution < -0.4 is 5.32 Å². The van der Waals surface area contributed by atoms with E-state index in [2.05, 4.69) is 21.2 Å². The molecule has 0 aliphatic carbocycles. The van der Waals surface area contributed by atoms with Crippen molar-refractivity contribution in [3.8, 4) is 0 Å². The minimum absolute atomic E-state index is 0.0297. The molecule has 1 fully saturated rings. The van der Waals surface area contributed by atoms with Gasteiger partial charge in [-0.3, -0.25) is 9.59 Å². The van der Waals surface area contributed by atoms with Gasteiger partial charge in [0, 0.05) is 29.7 Å². The summed E-state index contributed by atoms with van der Waals surface area (Å²) in [4.78, 5) is 25.1. The number of hydrogen-bond acceptors (Lipinski definition) is 3. The van der Waals surface area contributed by atoms with E-state index in [4.69, 9.17) is 0 Å². The summed E-state index contributed by atoms with van der Waals surface area (Å²) in [6.07, 6.45) is 0.348. The first-order chi connectivity index (χ1) is 9.58. The number of amides is 2. The van der Waals surface area contributed by atoms with E-state index in [9.17, 15) is 9.59 Å². The van der Waals surface area contributed by atoms with Crippen LogP contribution in [0.2, 0.25) is 0 Å². The molecule has 4 nitrogen and oxygen atoms in total. The third-order valence-electron chi connectivity index (χ3n) is 3.20. The Balaban J connectivity index is 1.82. The Kier molecular flexibility index (Phi) is 5.48. The van der Waals surface area contributed by atoms with Crippen LogP contribution in [-0.2, 0) is 4.79 Å². The zero-order valence-corrected chi connectivity index (χ0v) is 13.7. The lowest BCUT2D eigenvalue weighted by Crippen LogP contribution is -2.32. The average Bonchev–Trinajstić information content (AvgIpc) is 2.82. The summed E-state index contributed by atoms with van der Waals surface area (Å²) in [6.45, 7) is 3.20. The van der Waals surface area contributed by atoms with Crippen molar-refractivity contribution in [2.24, 2.45) is 0 Å². The zero-order chi connectivity index (χ0) is 14.5. The monoisotopic (exact) mass is 356 g/mol. The molecule has 1 aromatic rings. The number of carbonyl (C=O) groups is 2. The van der Waals surface area contributed by atoms with Crippen molar-refractivity contribution in [2.45, 2.75) is 19.4 Å². The van der Waals surface area contributed by atoms with Crippen molar-refractivity contribution in [3.63, 3.8) is 0 Å². The van der Waals surface area contributed by atoms with Crippen LogP contribution in [0.1, 0.15) is 24.9 Å². The third kappa shape index (κ3) is 3.99. The van der Waals surface area contributed by atoms with E-state index in [1.54, 1.807) is 4.90 Å². The van der Waals surface area contributed by atoms with Crippen LogP contribution >= 0.6 is 27.7 Å². The van der Waals surface area contributed by atoms with Crippen LogP contribution in [0.4, 0.5) is 4.79 Å². The van der Waals surface area contributed by atoms with Crippen molar-refractivity contribution < 1.29 is 9.59 Å². The summed E-state index contributed by atoms with van der Waals surface area (Å²) in [5.74, 6) is 0.798. The molecule has 6 heteroatoms. The Hall–Kier alpha value is -1.01. The van der Waals surface area contributed by atoms with Crippen LogP contribution in [0, 0.1) is 0 Å². The summed E-state index contributed by atoms with van der Waals surface area (Å²) < 4.78 is 0.985. The molecule has 1 saturated heterocycles. The van der Waals surface area contributed by atoms with E-state index < -0.39 is 0 Å². The fourth-order valence-corrected chi connectivity index (χ4v) is 3.56. The molecule has 0 aromatic heterocycles. The number of halogens is 1. The molecule has 1 atom stereocenters. The molecule has 1 heterocycles. The number of nitrogens with one attached hydrogen (secondary N) is 1. The van der Waals surface area contributed by atoms with Crippen molar-refractivity contribution in [1.29, 1.82) is 0 Å². The normalized spacial score (nSPS) is 16.3. The van der Waals surface area contributed by atoms with Gasteiger partial charge in [0.2, 0.25) is 5.91 Å². The molecule has 20 heavy (non-hydrogen) atoms. The lowest BCUT2D eigenvalue weighted by molar-refractivity contribution is -0.121. The average molecular weight is 357 g/mol. The Morgan fingerprint density at radius 2 is 2.25 bits per heavy atom. The van der Waals surface area contributed by atoms with E-state index in [-0.39, 0.29) is 17.2 Å². The largest absolute Gasteiger partial charge is 0.349 e. The van der Waals surface area contributed by atoms with Gasteiger partial charge in [0.05, 0.1) is 6.04 Å². The topological polar surface area (TPSA) is 49.4 Å². The molecule has 0 saturated carbocycles. The van der Waals surface area contributed by atoms with Gasteiger partial charge in [-0.25, -0.2) is 0 Å². The number of hydrogen-bond donors (Lipinski definition) is 1. The molecule has 2 rings (SSSR count). The standard InChI is InChI=1S/C14H17BrN2O2S/c1-10(11-4-2-3-5-12(11)15)16-13(18)6-7-17-8-9-20-14(17)19/h2-5,10H,6-9H2,1H3,(H,16,18). The van der Waals surface area contributed by atoms with Gasteiger partial charge in [-0.2, -0.15) is 0 Å². The van der Waals surface area contributed by atoms with E-state index in [1.807, 2.05) is 31.2 Å². The van der Waals surface area contributed by atoms with Gasteiger partial charge >= 0.3 is 0 Å². The lowest BCUT2D eigenvalue weighted by Gasteiger charge is -2.18. The molecule has 0 spiro atoms. The van der Waals surface area contributed by atoms with E-state index in [0.29, 0.717) is 13.0 Å². The van der Waals surface area contributed by atoms with Crippen LogP contribution in [0.3, 0.4) is 0 Å². The third-order valence-corrected chi connectivity index (χ3v) is 4.82. The Labute approximate surface area is 131 Å². The quantitative estimate of drug-likeness (QED) is 0.881. The van der Waals surface area contributed by atoms with Gasteiger partial charge in [0.15, 0.2) is 0 Å². The minimum atomic E-state index is -0.0540. The molecule has 1 N–H and O–H groups in total. The van der Waals surface area contributed by atoms with Crippen LogP contribution in [-0.4, -0.2) is 34.9 Å².